The molecule has 0 saturated carbocycles. The zero-order valence-electron chi connectivity index (χ0n) is 25.6. The lowest BCUT2D eigenvalue weighted by Gasteiger charge is -2.27. The summed E-state index contributed by atoms with van der Waals surface area (Å²) in [5.74, 6) is -3.96. The van der Waals surface area contributed by atoms with Gasteiger partial charge in [-0.05, 0) is 19.3 Å². The fraction of sp³-hybridized carbons (Fsp3) is 0.833. The molecule has 1 radical (unpaired) electrons. The van der Waals surface area contributed by atoms with Crippen LogP contribution >= 0.6 is 0 Å². The number of carboxylic acid groups (broad SMARTS) is 2. The summed E-state index contributed by atoms with van der Waals surface area (Å²) in [4.78, 5) is 59.8. The molecule has 0 aromatic heterocycles. The van der Waals surface area contributed by atoms with Gasteiger partial charge in [-0.3, -0.25) is 24.1 Å². The smallest absolute Gasteiger partial charge is 0.326 e. The van der Waals surface area contributed by atoms with Crippen LogP contribution < -0.4 is 5.73 Å². The number of hydrogen-bond acceptors (Lipinski definition) is 10. The average molecular weight is 618 g/mol. The van der Waals surface area contributed by atoms with E-state index >= 15 is 0 Å². The van der Waals surface area contributed by atoms with E-state index in [0.29, 0.717) is 57.3 Å². The van der Waals surface area contributed by atoms with Gasteiger partial charge >= 0.3 is 11.9 Å². The number of hydrogen-bond donors (Lipinski definition) is 3. The van der Waals surface area contributed by atoms with Gasteiger partial charge in [0.2, 0.25) is 11.8 Å². The van der Waals surface area contributed by atoms with Crippen molar-refractivity contribution in [3.8, 4) is 0 Å². The lowest BCUT2D eigenvalue weighted by atomic mass is 10.0. The minimum Gasteiger partial charge on any atom is -0.481 e. The largest absolute Gasteiger partial charge is 0.481 e. The first kappa shape index (κ1) is 40.5. The van der Waals surface area contributed by atoms with Crippen LogP contribution in [0.25, 0.3) is 0 Å². The summed E-state index contributed by atoms with van der Waals surface area (Å²) >= 11 is 0. The molecule has 0 aliphatic rings. The van der Waals surface area contributed by atoms with Crippen molar-refractivity contribution in [1.82, 2.24) is 4.90 Å². The van der Waals surface area contributed by atoms with Crippen molar-refractivity contribution >= 4 is 30.0 Å². The molecule has 0 bridgehead atoms. The van der Waals surface area contributed by atoms with Gasteiger partial charge in [-0.1, -0.05) is 51.4 Å². The monoisotopic (exact) mass is 617 g/mol. The zero-order valence-corrected chi connectivity index (χ0v) is 25.6. The SMILES string of the molecule is NCCOCCOCCOCCOCCC(=O)N(C(=O)CCCCCCCCCCCC[C]=O)[C@@H](CCC(=O)O)C(=O)O. The molecule has 0 fully saturated rings. The van der Waals surface area contributed by atoms with Crippen molar-refractivity contribution < 1.29 is 53.1 Å². The molecule has 43 heavy (non-hydrogen) atoms. The van der Waals surface area contributed by atoms with Crippen molar-refractivity contribution in [1.29, 1.82) is 0 Å². The number of imide groups is 1. The number of nitrogens with zero attached hydrogens (tertiary/aromatic N) is 1. The van der Waals surface area contributed by atoms with E-state index in [1.165, 1.54) is 0 Å². The number of rotatable bonds is 32. The van der Waals surface area contributed by atoms with E-state index < -0.39 is 36.2 Å². The second kappa shape index (κ2) is 29.6. The number of unbranched alkanes of at least 4 members (excludes halogenated alkanes) is 10. The molecule has 0 aliphatic heterocycles. The number of carbonyl (C=O) groups is 4. The molecule has 0 aromatic carbocycles. The lowest BCUT2D eigenvalue weighted by Crippen LogP contribution is -2.49. The van der Waals surface area contributed by atoms with Crippen LogP contribution in [0.1, 0.15) is 96.3 Å². The highest BCUT2D eigenvalue weighted by Gasteiger charge is 2.34. The van der Waals surface area contributed by atoms with Gasteiger partial charge in [-0.25, -0.2) is 4.79 Å². The van der Waals surface area contributed by atoms with Crippen LogP contribution in [0.4, 0.5) is 0 Å². The number of carboxylic acids is 2. The fourth-order valence-corrected chi connectivity index (χ4v) is 4.24. The quantitative estimate of drug-likeness (QED) is 0.0937. The van der Waals surface area contributed by atoms with Gasteiger partial charge in [0.05, 0.1) is 59.3 Å². The van der Waals surface area contributed by atoms with Gasteiger partial charge < -0.3 is 34.9 Å². The van der Waals surface area contributed by atoms with E-state index in [1.54, 1.807) is 0 Å². The molecule has 249 valence electrons. The second-order valence-electron chi connectivity index (χ2n) is 10.1. The number of aliphatic carboxylic acids is 2. The third kappa shape index (κ3) is 24.7. The van der Waals surface area contributed by atoms with Gasteiger partial charge in [-0.2, -0.15) is 0 Å². The summed E-state index contributed by atoms with van der Waals surface area (Å²) in [6.07, 6.45) is 10.9. The molecule has 13 heteroatoms. The molecular formula is C30H53N2O11. The molecule has 1 atom stereocenters. The van der Waals surface area contributed by atoms with Crippen molar-refractivity contribution in [2.75, 3.05) is 59.4 Å². The predicted octanol–water partition coefficient (Wildman–Crippen LogP) is 2.87. The Balaban J connectivity index is 4.43. The van der Waals surface area contributed by atoms with E-state index in [0.717, 1.165) is 57.8 Å². The number of ether oxygens (including phenoxy) is 4. The maximum absolute atomic E-state index is 13.0. The third-order valence-corrected chi connectivity index (χ3v) is 6.52. The van der Waals surface area contributed by atoms with Crippen LogP contribution in [0.15, 0.2) is 0 Å². The van der Waals surface area contributed by atoms with Crippen LogP contribution in [-0.4, -0.2) is 111 Å². The molecule has 0 heterocycles. The van der Waals surface area contributed by atoms with Crippen molar-refractivity contribution in [3.63, 3.8) is 0 Å². The first-order chi connectivity index (χ1) is 20.8. The van der Waals surface area contributed by atoms with Crippen molar-refractivity contribution in [2.45, 2.75) is 102 Å². The Hall–Kier alpha value is -2.45. The van der Waals surface area contributed by atoms with Gasteiger partial charge in [0.15, 0.2) is 6.29 Å². The molecule has 0 aromatic rings. The van der Waals surface area contributed by atoms with Crippen LogP contribution in [0, 0.1) is 0 Å². The molecule has 4 N–H and O–H groups in total. The van der Waals surface area contributed by atoms with E-state index in [2.05, 4.69) is 0 Å². The molecule has 2 amide bonds. The highest BCUT2D eigenvalue weighted by molar-refractivity contribution is 5.99. The Morgan fingerprint density at radius 3 is 1.51 bits per heavy atom. The standard InChI is InChI=1S/C30H53N2O11/c31-16-19-41-21-23-43-25-24-42-22-20-40-18-15-28(35)32(26(30(38)39)13-14-29(36)37)27(34)12-10-8-6-4-2-1-3-5-7-9-11-17-33/h26H,1-16,18-25,31H2,(H,36,37)(H,38,39)/t26-/m0/s1. The summed E-state index contributed by atoms with van der Waals surface area (Å²) in [6.45, 7) is 3.00. The number of nitrogens with two attached hydrogens (primary N) is 1. The van der Waals surface area contributed by atoms with Gasteiger partial charge in [-0.15, -0.1) is 0 Å². The van der Waals surface area contributed by atoms with E-state index in [4.69, 9.17) is 29.8 Å². The van der Waals surface area contributed by atoms with Crippen molar-refractivity contribution in [3.05, 3.63) is 0 Å². The highest BCUT2D eigenvalue weighted by atomic mass is 16.6. The Labute approximate surface area is 255 Å². The maximum Gasteiger partial charge on any atom is 0.326 e. The van der Waals surface area contributed by atoms with E-state index in [9.17, 15) is 29.1 Å². The summed E-state index contributed by atoms with van der Waals surface area (Å²) < 4.78 is 21.3. The Kier molecular flexibility index (Phi) is 27.9. The van der Waals surface area contributed by atoms with E-state index in [1.807, 2.05) is 6.29 Å². The summed E-state index contributed by atoms with van der Waals surface area (Å²) in [5, 5.41) is 18.7. The lowest BCUT2D eigenvalue weighted by molar-refractivity contribution is -0.159. The normalized spacial score (nSPS) is 11.7. The van der Waals surface area contributed by atoms with Crippen LogP contribution in [-0.2, 0) is 42.9 Å². The Morgan fingerprint density at radius 1 is 0.605 bits per heavy atom. The first-order valence-corrected chi connectivity index (χ1v) is 15.5. The fourth-order valence-electron chi connectivity index (χ4n) is 4.24. The zero-order chi connectivity index (χ0) is 32.0. The predicted molar refractivity (Wildman–Crippen MR) is 158 cm³/mol. The minimum atomic E-state index is -1.55. The molecule has 0 rings (SSSR count). The van der Waals surface area contributed by atoms with E-state index in [-0.39, 0.29) is 39.1 Å². The number of amides is 2. The third-order valence-electron chi connectivity index (χ3n) is 6.52. The molecule has 0 aliphatic carbocycles. The Morgan fingerprint density at radius 2 is 1.05 bits per heavy atom. The Bertz CT molecular complexity index is 752. The van der Waals surface area contributed by atoms with Crippen LogP contribution in [0.2, 0.25) is 0 Å². The second-order valence-corrected chi connectivity index (χ2v) is 10.1. The maximum atomic E-state index is 13.0. The van der Waals surface area contributed by atoms with Gasteiger partial charge in [0.1, 0.15) is 6.04 Å². The van der Waals surface area contributed by atoms with Crippen LogP contribution in [0.3, 0.4) is 0 Å². The summed E-state index contributed by atoms with van der Waals surface area (Å²) in [6, 6.07) is -1.55. The molecule has 13 nitrogen and oxygen atoms in total. The minimum absolute atomic E-state index is 0.00620. The van der Waals surface area contributed by atoms with Crippen LogP contribution in [0.5, 0.6) is 0 Å². The topological polar surface area (TPSA) is 192 Å². The molecular weight excluding hydrogens is 564 g/mol. The average Bonchev–Trinajstić information content (AvgIpc) is 2.97. The van der Waals surface area contributed by atoms with Gasteiger partial charge in [0.25, 0.3) is 0 Å². The molecule has 0 saturated heterocycles. The summed E-state index contributed by atoms with van der Waals surface area (Å²) in [7, 11) is 0. The highest BCUT2D eigenvalue weighted by Crippen LogP contribution is 2.16. The molecule has 0 unspecified atom stereocenters. The van der Waals surface area contributed by atoms with Gasteiger partial charge in [0, 0.05) is 25.8 Å². The summed E-state index contributed by atoms with van der Waals surface area (Å²) in [5.41, 5.74) is 5.32. The van der Waals surface area contributed by atoms with Crippen molar-refractivity contribution in [2.24, 2.45) is 5.73 Å². The molecule has 0 spiro atoms. The first-order valence-electron chi connectivity index (χ1n) is 15.5. The number of carbonyl (C=O) groups excluding carboxylic acids is 3.